The molecule has 1 fully saturated rings. The second-order valence-corrected chi connectivity index (χ2v) is 5.92. The zero-order valence-electron chi connectivity index (χ0n) is 8.83. The van der Waals surface area contributed by atoms with Gasteiger partial charge in [0.1, 0.15) is 18.3 Å². The molecule has 0 aliphatic carbocycles. The van der Waals surface area contributed by atoms with Crippen LogP contribution in [0.3, 0.4) is 0 Å². The van der Waals surface area contributed by atoms with Crippen LogP contribution in [0, 0.1) is 5.41 Å². The molecule has 0 aromatic rings. The number of rotatable bonds is 2. The van der Waals surface area contributed by atoms with Crippen molar-refractivity contribution in [3.05, 3.63) is 0 Å². The summed E-state index contributed by atoms with van der Waals surface area (Å²) in [5.41, 5.74) is 0. The SMILES string of the molecule is N=C(O[C@H]1[C@@H](O)[C@H](O)[C@@H](CO)O[C@@H]1O)C(Cl)(Cl)Cl. The van der Waals surface area contributed by atoms with Gasteiger partial charge in [0, 0.05) is 0 Å². The zero-order valence-corrected chi connectivity index (χ0v) is 11.1. The third-order valence-electron chi connectivity index (χ3n) is 2.35. The molecule has 0 aromatic carbocycles. The van der Waals surface area contributed by atoms with Gasteiger partial charge in [-0.3, -0.25) is 5.41 Å². The predicted octanol–water partition coefficient (Wildman–Crippen LogP) is -0.850. The lowest BCUT2D eigenvalue weighted by molar-refractivity contribution is -0.283. The number of hydrogen-bond donors (Lipinski definition) is 5. The molecule has 1 aliphatic heterocycles. The Hall–Kier alpha value is 0.140. The van der Waals surface area contributed by atoms with Gasteiger partial charge in [0.2, 0.25) is 5.90 Å². The summed E-state index contributed by atoms with van der Waals surface area (Å²) in [5.74, 6) is -0.839. The van der Waals surface area contributed by atoms with Crippen LogP contribution in [0.1, 0.15) is 0 Å². The fourth-order valence-corrected chi connectivity index (χ4v) is 1.54. The highest BCUT2D eigenvalue weighted by Crippen LogP contribution is 2.30. The van der Waals surface area contributed by atoms with E-state index in [-0.39, 0.29) is 0 Å². The molecule has 18 heavy (non-hydrogen) atoms. The summed E-state index contributed by atoms with van der Waals surface area (Å²) in [7, 11) is 0. The first-order chi connectivity index (χ1) is 8.18. The van der Waals surface area contributed by atoms with Gasteiger partial charge in [0.15, 0.2) is 12.4 Å². The minimum atomic E-state index is -2.17. The maximum Gasteiger partial charge on any atom is 0.265 e. The Morgan fingerprint density at radius 1 is 1.22 bits per heavy atom. The Kier molecular flexibility index (Phi) is 5.45. The monoisotopic (exact) mass is 323 g/mol. The van der Waals surface area contributed by atoms with Crippen molar-refractivity contribution in [2.75, 3.05) is 6.61 Å². The van der Waals surface area contributed by atoms with E-state index in [2.05, 4.69) is 0 Å². The van der Waals surface area contributed by atoms with E-state index in [4.69, 9.17) is 54.8 Å². The molecule has 1 rings (SSSR count). The molecule has 0 bridgehead atoms. The van der Waals surface area contributed by atoms with Crippen molar-refractivity contribution in [3.8, 4) is 0 Å². The average Bonchev–Trinajstić information content (AvgIpc) is 2.27. The van der Waals surface area contributed by atoms with E-state index in [0.29, 0.717) is 0 Å². The molecule has 7 nitrogen and oxygen atoms in total. The van der Waals surface area contributed by atoms with E-state index in [0.717, 1.165) is 0 Å². The van der Waals surface area contributed by atoms with Crippen molar-refractivity contribution in [1.29, 1.82) is 5.41 Å². The molecular formula is C8H12Cl3NO6. The maximum absolute atomic E-state index is 9.67. The highest BCUT2D eigenvalue weighted by molar-refractivity contribution is 6.76. The Morgan fingerprint density at radius 3 is 2.22 bits per heavy atom. The number of aliphatic hydroxyl groups is 4. The van der Waals surface area contributed by atoms with Crippen molar-refractivity contribution < 1.29 is 29.9 Å². The molecule has 0 spiro atoms. The summed E-state index contributed by atoms with van der Waals surface area (Å²) in [6, 6.07) is 0. The van der Waals surface area contributed by atoms with Gasteiger partial charge in [-0.25, -0.2) is 0 Å². The minimum Gasteiger partial charge on any atom is -0.466 e. The maximum atomic E-state index is 9.67. The summed E-state index contributed by atoms with van der Waals surface area (Å²) in [4.78, 5) is 0. The van der Waals surface area contributed by atoms with Gasteiger partial charge >= 0.3 is 0 Å². The van der Waals surface area contributed by atoms with E-state index in [1.165, 1.54) is 0 Å². The van der Waals surface area contributed by atoms with Crippen LogP contribution >= 0.6 is 34.8 Å². The van der Waals surface area contributed by atoms with Crippen LogP contribution in [0.4, 0.5) is 0 Å². The molecule has 0 unspecified atom stereocenters. The second kappa shape index (κ2) is 6.06. The van der Waals surface area contributed by atoms with Gasteiger partial charge in [-0.05, 0) is 0 Å². The number of nitrogens with one attached hydrogen (secondary N) is 1. The van der Waals surface area contributed by atoms with Crippen LogP contribution in [0.25, 0.3) is 0 Å². The average molecular weight is 325 g/mol. The zero-order chi connectivity index (χ0) is 14.1. The van der Waals surface area contributed by atoms with Crippen LogP contribution < -0.4 is 0 Å². The molecule has 1 aliphatic rings. The lowest BCUT2D eigenvalue weighted by Crippen LogP contribution is -2.60. The number of halogens is 3. The topological polar surface area (TPSA) is 123 Å². The summed E-state index contributed by atoms with van der Waals surface area (Å²) < 4.78 is 7.38. The number of hydrogen-bond acceptors (Lipinski definition) is 7. The quantitative estimate of drug-likeness (QED) is 0.256. The van der Waals surface area contributed by atoms with E-state index >= 15 is 0 Å². The van der Waals surface area contributed by atoms with E-state index < -0.39 is 47.0 Å². The van der Waals surface area contributed by atoms with Gasteiger partial charge < -0.3 is 29.9 Å². The third-order valence-corrected chi connectivity index (χ3v) is 2.87. The van der Waals surface area contributed by atoms with E-state index in [1.54, 1.807) is 0 Å². The number of alkyl halides is 3. The molecule has 106 valence electrons. The van der Waals surface area contributed by atoms with Crippen molar-refractivity contribution in [2.24, 2.45) is 0 Å². The Balaban J connectivity index is 2.74. The van der Waals surface area contributed by atoms with Gasteiger partial charge in [-0.15, -0.1) is 0 Å². The molecular weight excluding hydrogens is 312 g/mol. The van der Waals surface area contributed by atoms with Crippen molar-refractivity contribution in [1.82, 2.24) is 0 Å². The first kappa shape index (κ1) is 16.2. The third kappa shape index (κ3) is 3.58. The van der Waals surface area contributed by atoms with E-state index in [1.807, 2.05) is 0 Å². The largest absolute Gasteiger partial charge is 0.466 e. The van der Waals surface area contributed by atoms with Crippen molar-refractivity contribution >= 4 is 40.7 Å². The standard InChI is InChI=1S/C8H12Cl3NO6/c9-8(10,11)7(12)18-5-4(15)3(14)2(1-13)17-6(5)16/h2-6,12-16H,1H2/t2-,3-,4+,5+,6+/m1/s1. The van der Waals surface area contributed by atoms with Crippen molar-refractivity contribution in [2.45, 2.75) is 34.5 Å². The minimum absolute atomic E-state index is 0.607. The molecule has 5 N–H and O–H groups in total. The Bertz CT molecular complexity index is 312. The molecule has 0 saturated carbocycles. The molecule has 10 heteroatoms. The molecule has 0 amide bonds. The van der Waals surface area contributed by atoms with Gasteiger partial charge in [-0.2, -0.15) is 0 Å². The van der Waals surface area contributed by atoms with Gasteiger partial charge in [-0.1, -0.05) is 34.8 Å². The lowest BCUT2D eigenvalue weighted by Gasteiger charge is -2.40. The summed E-state index contributed by atoms with van der Waals surface area (Å²) in [6.45, 7) is -0.607. The smallest absolute Gasteiger partial charge is 0.265 e. The van der Waals surface area contributed by atoms with Crippen molar-refractivity contribution in [3.63, 3.8) is 0 Å². The first-order valence-corrected chi connectivity index (χ1v) is 5.94. The Labute approximate surface area is 117 Å². The first-order valence-electron chi connectivity index (χ1n) is 4.81. The number of aliphatic hydroxyl groups excluding tert-OH is 4. The lowest BCUT2D eigenvalue weighted by atomic mass is 9.99. The fourth-order valence-electron chi connectivity index (χ4n) is 1.40. The summed E-state index contributed by atoms with van der Waals surface area (Å²) >= 11 is 16.1. The second-order valence-electron chi connectivity index (χ2n) is 3.64. The molecule has 0 radical (unpaired) electrons. The summed E-state index contributed by atoms with van der Waals surface area (Å²) in [6.07, 6.45) is -7.49. The van der Waals surface area contributed by atoms with Crippen LogP contribution in [-0.2, 0) is 9.47 Å². The normalized spacial score (nSPS) is 37.4. The van der Waals surface area contributed by atoms with Crippen LogP contribution in [-0.4, -0.2) is 67.4 Å². The number of ether oxygens (including phenoxy) is 2. The fraction of sp³-hybridized carbons (Fsp3) is 0.875. The van der Waals surface area contributed by atoms with Crippen LogP contribution in [0.5, 0.6) is 0 Å². The van der Waals surface area contributed by atoms with Gasteiger partial charge in [0.25, 0.3) is 3.79 Å². The highest BCUT2D eigenvalue weighted by Gasteiger charge is 2.47. The van der Waals surface area contributed by atoms with Crippen LogP contribution in [0.2, 0.25) is 0 Å². The predicted molar refractivity (Wildman–Crippen MR) is 62.9 cm³/mol. The molecule has 1 saturated heterocycles. The summed E-state index contributed by atoms with van der Waals surface area (Å²) in [5, 5.41) is 44.9. The molecule has 1 heterocycles. The molecule has 0 aromatic heterocycles. The Morgan fingerprint density at radius 2 is 1.78 bits per heavy atom. The van der Waals surface area contributed by atoms with E-state index in [9.17, 15) is 15.3 Å². The van der Waals surface area contributed by atoms with Gasteiger partial charge in [0.05, 0.1) is 6.61 Å². The van der Waals surface area contributed by atoms with Crippen LogP contribution in [0.15, 0.2) is 0 Å². The molecule has 5 atom stereocenters. The highest BCUT2D eigenvalue weighted by atomic mass is 35.6.